The molecule has 0 N–H and O–H groups in total. The van der Waals surface area contributed by atoms with E-state index in [1.807, 2.05) is 0 Å². The van der Waals surface area contributed by atoms with E-state index < -0.39 is 11.8 Å². The first kappa shape index (κ1) is 11.4. The van der Waals surface area contributed by atoms with Crippen molar-refractivity contribution in [3.63, 3.8) is 0 Å². The second-order valence-corrected chi connectivity index (χ2v) is 4.27. The number of carbonyl (C=O) groups excluding carboxylic acids is 1. The molecule has 0 saturated carbocycles. The topological polar surface area (TPSA) is 26.3 Å². The first-order chi connectivity index (χ1) is 5.49. The van der Waals surface area contributed by atoms with E-state index in [4.69, 9.17) is 0 Å². The van der Waals surface area contributed by atoms with Gasteiger partial charge in [0.15, 0.2) is 0 Å². The van der Waals surface area contributed by atoms with E-state index in [1.54, 1.807) is 6.92 Å². The number of carbonyl (C=O) groups is 1. The van der Waals surface area contributed by atoms with Gasteiger partial charge in [-0.15, -0.1) is 0 Å². The maximum atomic E-state index is 12.8. The minimum atomic E-state index is -0.610. The van der Waals surface area contributed by atoms with Gasteiger partial charge >= 0.3 is 81.2 Å². The summed E-state index contributed by atoms with van der Waals surface area (Å²) in [6.07, 6.45) is 1.08. The Balaban J connectivity index is 4.44. The Morgan fingerprint density at radius 2 is 2.17 bits per heavy atom. The summed E-state index contributed by atoms with van der Waals surface area (Å²) in [5.74, 6) is -1.03. The van der Waals surface area contributed by atoms with Gasteiger partial charge in [0, 0.05) is 0 Å². The number of hydrogen-bond donors (Lipinski definition) is 0. The van der Waals surface area contributed by atoms with Crippen LogP contribution in [0.4, 0.5) is 4.39 Å². The third kappa shape index (κ3) is 3.72. The zero-order chi connectivity index (χ0) is 9.72. The van der Waals surface area contributed by atoms with Crippen LogP contribution < -0.4 is 0 Å². The summed E-state index contributed by atoms with van der Waals surface area (Å²) in [7, 11) is 1.23. The fourth-order valence-corrected chi connectivity index (χ4v) is 0.656. The van der Waals surface area contributed by atoms with E-state index in [-0.39, 0.29) is 5.57 Å². The molecule has 0 fully saturated rings. The molecule has 0 aromatic heterocycles. The van der Waals surface area contributed by atoms with Crippen molar-refractivity contribution in [1.82, 2.24) is 0 Å². The summed E-state index contributed by atoms with van der Waals surface area (Å²) >= 11 is 1.02. The number of rotatable bonds is 3. The Labute approximate surface area is 81.5 Å². The molecular formula is C8H9FO2W. The van der Waals surface area contributed by atoms with Crippen molar-refractivity contribution >= 4 is 9.87 Å². The second kappa shape index (κ2) is 5.15. The Morgan fingerprint density at radius 3 is 2.50 bits per heavy atom. The van der Waals surface area contributed by atoms with Crippen molar-refractivity contribution in [3.8, 4) is 0 Å². The minimum absolute atomic E-state index is 0.0237. The fourth-order valence-electron chi connectivity index (χ4n) is 0.445. The summed E-state index contributed by atoms with van der Waals surface area (Å²) < 4.78 is 17.8. The van der Waals surface area contributed by atoms with Gasteiger partial charge in [-0.2, -0.15) is 0 Å². The normalized spacial score (nSPS) is 10.8. The molecule has 0 aliphatic heterocycles. The van der Waals surface area contributed by atoms with E-state index in [0.717, 1.165) is 25.4 Å². The zero-order valence-electron chi connectivity index (χ0n) is 6.89. The molecule has 66 valence electrons. The summed E-state index contributed by atoms with van der Waals surface area (Å²) in [5, 5.41) is 0. The molecule has 0 amide bonds. The van der Waals surface area contributed by atoms with Crippen LogP contribution in [0.2, 0.25) is 0 Å². The molecule has 0 heterocycles. The van der Waals surface area contributed by atoms with Gasteiger partial charge in [0.2, 0.25) is 0 Å². The Bertz CT molecular complexity index is 256. The van der Waals surface area contributed by atoms with Crippen LogP contribution in [0.1, 0.15) is 6.92 Å². The van der Waals surface area contributed by atoms with Gasteiger partial charge in [0.05, 0.1) is 0 Å². The second-order valence-electron chi connectivity index (χ2n) is 2.07. The quantitative estimate of drug-likeness (QED) is 0.440. The molecular weight excluding hydrogens is 331 g/mol. The zero-order valence-corrected chi connectivity index (χ0v) is 9.82. The van der Waals surface area contributed by atoms with Gasteiger partial charge in [0.25, 0.3) is 0 Å². The number of methoxy groups -OCH3 is 1. The average molecular weight is 340 g/mol. The van der Waals surface area contributed by atoms with Gasteiger partial charge in [-0.1, -0.05) is 0 Å². The predicted molar refractivity (Wildman–Crippen MR) is 41.0 cm³/mol. The summed E-state index contributed by atoms with van der Waals surface area (Å²) in [6.45, 7) is 5.00. The van der Waals surface area contributed by atoms with Crippen molar-refractivity contribution < 1.29 is 33.3 Å². The number of halogens is 1. The molecule has 0 bridgehead atoms. The first-order valence-corrected chi connectivity index (χ1v) is 4.61. The number of ether oxygens (including phenoxy) is 1. The molecule has 12 heavy (non-hydrogen) atoms. The molecule has 0 aromatic carbocycles. The maximum absolute atomic E-state index is 12.8. The molecule has 0 aromatic rings. The number of allylic oxidation sites excluding steroid dienone is 1. The average Bonchev–Trinajstić information content (AvgIpc) is 2.02. The van der Waals surface area contributed by atoms with E-state index in [0.29, 0.717) is 3.90 Å². The van der Waals surface area contributed by atoms with Crippen LogP contribution in [0.15, 0.2) is 24.1 Å². The van der Waals surface area contributed by atoms with Crippen molar-refractivity contribution in [2.24, 2.45) is 0 Å². The molecule has 0 radical (unpaired) electrons. The van der Waals surface area contributed by atoms with Gasteiger partial charge in [-0.25, -0.2) is 0 Å². The standard InChI is InChI=1S/C8H9FO2.W/c1-4-7(9)5-6(2)8(10)11-3;/h5H,2H2,1,3H3;. The molecule has 0 aliphatic carbocycles. The fraction of sp³-hybridized carbons (Fsp3) is 0.250. The van der Waals surface area contributed by atoms with Gasteiger partial charge in [-0.3, -0.25) is 0 Å². The SMILES string of the molecule is C=C(C=C(F)[C](C)=[W])C(=O)OC. The Hall–Kier alpha value is -0.562. The van der Waals surface area contributed by atoms with Crippen LogP contribution in [-0.4, -0.2) is 17.0 Å². The van der Waals surface area contributed by atoms with Crippen molar-refractivity contribution in [1.29, 1.82) is 0 Å². The van der Waals surface area contributed by atoms with Crippen LogP contribution in [0.3, 0.4) is 0 Å². The van der Waals surface area contributed by atoms with E-state index in [2.05, 4.69) is 11.3 Å². The van der Waals surface area contributed by atoms with Crippen LogP contribution in [0.5, 0.6) is 0 Å². The Morgan fingerprint density at radius 1 is 1.67 bits per heavy atom. The molecule has 0 spiro atoms. The monoisotopic (exact) mass is 340 g/mol. The first-order valence-electron chi connectivity index (χ1n) is 3.14. The molecule has 0 rings (SSSR count). The van der Waals surface area contributed by atoms with Crippen molar-refractivity contribution in [2.45, 2.75) is 6.92 Å². The van der Waals surface area contributed by atoms with Gasteiger partial charge in [-0.05, 0) is 0 Å². The molecule has 0 atom stereocenters. The van der Waals surface area contributed by atoms with E-state index >= 15 is 0 Å². The molecule has 4 heteroatoms. The van der Waals surface area contributed by atoms with Crippen LogP contribution in [0.25, 0.3) is 0 Å². The van der Waals surface area contributed by atoms with Crippen molar-refractivity contribution in [2.75, 3.05) is 7.11 Å². The third-order valence-corrected chi connectivity index (χ3v) is 1.79. The van der Waals surface area contributed by atoms with Gasteiger partial charge < -0.3 is 0 Å². The van der Waals surface area contributed by atoms with Crippen molar-refractivity contribution in [3.05, 3.63) is 24.1 Å². The third-order valence-electron chi connectivity index (χ3n) is 1.08. The summed E-state index contributed by atoms with van der Waals surface area (Å²) in [6, 6.07) is 0. The molecule has 0 saturated heterocycles. The number of esters is 1. The number of hydrogen-bond acceptors (Lipinski definition) is 2. The van der Waals surface area contributed by atoms with Crippen LogP contribution in [-0.2, 0) is 28.9 Å². The van der Waals surface area contributed by atoms with Crippen LogP contribution >= 0.6 is 0 Å². The molecule has 2 nitrogen and oxygen atoms in total. The predicted octanol–water partition coefficient (Wildman–Crippen LogP) is 1.31. The Kier molecular flexibility index (Phi) is 4.91. The van der Waals surface area contributed by atoms with Crippen LogP contribution in [0, 0.1) is 0 Å². The molecule has 0 aliphatic rings. The molecule has 0 unspecified atom stereocenters. The van der Waals surface area contributed by atoms with E-state index in [9.17, 15) is 9.18 Å². The summed E-state index contributed by atoms with van der Waals surface area (Å²) in [5.41, 5.74) is 0.0237. The van der Waals surface area contributed by atoms with E-state index in [1.165, 1.54) is 7.11 Å². The summed E-state index contributed by atoms with van der Waals surface area (Å²) in [4.78, 5) is 10.7. The van der Waals surface area contributed by atoms with Gasteiger partial charge in [0.1, 0.15) is 0 Å².